The Morgan fingerprint density at radius 3 is 2.61 bits per heavy atom. The van der Waals surface area contributed by atoms with Crippen molar-refractivity contribution in [2.75, 3.05) is 13.7 Å². The highest BCUT2D eigenvalue weighted by molar-refractivity contribution is 5.30. The Kier molecular flexibility index (Phi) is 6.01. The van der Waals surface area contributed by atoms with Crippen molar-refractivity contribution in [3.63, 3.8) is 0 Å². The minimum absolute atomic E-state index is 0.323. The van der Waals surface area contributed by atoms with Crippen LogP contribution in [0.15, 0.2) is 24.3 Å². The highest BCUT2D eigenvalue weighted by atomic mass is 19.3. The molecule has 2 unspecified atom stereocenters. The molecule has 0 saturated carbocycles. The molecule has 0 radical (unpaired) electrons. The molecular weight excluding hydrogens is 240 g/mol. The van der Waals surface area contributed by atoms with E-state index in [0.29, 0.717) is 12.2 Å². The van der Waals surface area contributed by atoms with E-state index in [1.807, 2.05) is 6.92 Å². The molecule has 2 N–H and O–H groups in total. The zero-order valence-electron chi connectivity index (χ0n) is 10.6. The van der Waals surface area contributed by atoms with Crippen molar-refractivity contribution in [1.29, 1.82) is 0 Å². The van der Waals surface area contributed by atoms with E-state index in [0.717, 1.165) is 5.56 Å². The molecule has 0 bridgehead atoms. The standard InChI is InChI=1S/C13H19F2NO2/c1-3-11(16)13(18-8-12(14)15)9-5-4-6-10(7-9)17-2/h4-7,11-13H,3,8,16H2,1-2H3. The minimum Gasteiger partial charge on any atom is -0.497 e. The van der Waals surface area contributed by atoms with E-state index in [1.165, 1.54) is 0 Å². The van der Waals surface area contributed by atoms with Gasteiger partial charge in [-0.15, -0.1) is 0 Å². The molecule has 3 nitrogen and oxygen atoms in total. The highest BCUT2D eigenvalue weighted by Crippen LogP contribution is 2.25. The van der Waals surface area contributed by atoms with Gasteiger partial charge in [0, 0.05) is 6.04 Å². The fraction of sp³-hybridized carbons (Fsp3) is 0.538. The first-order valence-electron chi connectivity index (χ1n) is 5.87. The summed E-state index contributed by atoms with van der Waals surface area (Å²) in [5.41, 5.74) is 6.67. The molecule has 0 saturated heterocycles. The second-order valence-electron chi connectivity index (χ2n) is 3.99. The number of hydrogen-bond donors (Lipinski definition) is 1. The van der Waals surface area contributed by atoms with Crippen LogP contribution in [-0.2, 0) is 4.74 Å². The van der Waals surface area contributed by atoms with Crippen LogP contribution in [0, 0.1) is 0 Å². The predicted molar refractivity (Wildman–Crippen MR) is 66.0 cm³/mol. The smallest absolute Gasteiger partial charge is 0.261 e. The molecule has 0 aliphatic carbocycles. The summed E-state index contributed by atoms with van der Waals surface area (Å²) >= 11 is 0. The minimum atomic E-state index is -2.50. The Labute approximate surface area is 106 Å². The lowest BCUT2D eigenvalue weighted by Gasteiger charge is -2.24. The van der Waals surface area contributed by atoms with Gasteiger partial charge in [0.1, 0.15) is 12.4 Å². The number of alkyl halides is 2. The predicted octanol–water partition coefficient (Wildman–Crippen LogP) is 2.76. The Balaban J connectivity index is 2.86. The van der Waals surface area contributed by atoms with Gasteiger partial charge < -0.3 is 15.2 Å². The Morgan fingerprint density at radius 1 is 1.33 bits per heavy atom. The van der Waals surface area contributed by atoms with Gasteiger partial charge in [-0.2, -0.15) is 0 Å². The Bertz CT molecular complexity index is 361. The summed E-state index contributed by atoms with van der Waals surface area (Å²) in [5.74, 6) is 0.654. The maximum atomic E-state index is 12.2. The van der Waals surface area contributed by atoms with Gasteiger partial charge in [0.05, 0.1) is 13.2 Å². The van der Waals surface area contributed by atoms with Gasteiger partial charge in [-0.25, -0.2) is 8.78 Å². The Hall–Kier alpha value is -1.20. The zero-order chi connectivity index (χ0) is 13.5. The third-order valence-corrected chi connectivity index (χ3v) is 2.68. The number of nitrogens with two attached hydrogens (primary N) is 1. The molecule has 1 aromatic rings. The first-order valence-corrected chi connectivity index (χ1v) is 5.87. The lowest BCUT2D eigenvalue weighted by atomic mass is 10.0. The lowest BCUT2D eigenvalue weighted by Crippen LogP contribution is -2.30. The van der Waals surface area contributed by atoms with Crippen LogP contribution < -0.4 is 10.5 Å². The molecule has 18 heavy (non-hydrogen) atoms. The van der Waals surface area contributed by atoms with E-state index in [-0.39, 0.29) is 6.04 Å². The summed E-state index contributed by atoms with van der Waals surface area (Å²) in [6.07, 6.45) is -2.40. The van der Waals surface area contributed by atoms with Crippen LogP contribution in [0.3, 0.4) is 0 Å². The van der Waals surface area contributed by atoms with Crippen LogP contribution in [0.25, 0.3) is 0 Å². The third-order valence-electron chi connectivity index (χ3n) is 2.68. The van der Waals surface area contributed by atoms with Crippen molar-refractivity contribution >= 4 is 0 Å². The van der Waals surface area contributed by atoms with Gasteiger partial charge in [-0.3, -0.25) is 0 Å². The molecule has 0 heterocycles. The van der Waals surface area contributed by atoms with Crippen molar-refractivity contribution in [2.24, 2.45) is 5.73 Å². The highest BCUT2D eigenvalue weighted by Gasteiger charge is 2.21. The SMILES string of the molecule is CCC(N)C(OCC(F)F)c1cccc(OC)c1. The van der Waals surface area contributed by atoms with Gasteiger partial charge in [0.25, 0.3) is 6.43 Å². The third kappa shape index (κ3) is 4.23. The molecule has 1 aromatic carbocycles. The molecule has 2 atom stereocenters. The van der Waals surface area contributed by atoms with Crippen LogP contribution in [0.4, 0.5) is 8.78 Å². The average molecular weight is 259 g/mol. The fourth-order valence-electron chi connectivity index (χ4n) is 1.68. The van der Waals surface area contributed by atoms with E-state index in [2.05, 4.69) is 0 Å². The average Bonchev–Trinajstić information content (AvgIpc) is 2.38. The van der Waals surface area contributed by atoms with Crippen molar-refractivity contribution in [3.8, 4) is 5.75 Å². The second-order valence-corrected chi connectivity index (χ2v) is 3.99. The van der Waals surface area contributed by atoms with Crippen molar-refractivity contribution in [1.82, 2.24) is 0 Å². The normalized spacial score (nSPS) is 14.6. The van der Waals surface area contributed by atoms with Crippen LogP contribution in [0.1, 0.15) is 25.0 Å². The summed E-state index contributed by atoms with van der Waals surface area (Å²) in [6.45, 7) is 1.28. The van der Waals surface area contributed by atoms with Crippen LogP contribution in [-0.4, -0.2) is 26.2 Å². The maximum absolute atomic E-state index is 12.2. The largest absolute Gasteiger partial charge is 0.497 e. The number of rotatable bonds is 7. The van der Waals surface area contributed by atoms with Gasteiger partial charge in [-0.1, -0.05) is 19.1 Å². The number of ether oxygens (including phenoxy) is 2. The summed E-state index contributed by atoms with van der Waals surface area (Å²) < 4.78 is 34.8. The van der Waals surface area contributed by atoms with Crippen LogP contribution in [0.5, 0.6) is 5.75 Å². The quantitative estimate of drug-likeness (QED) is 0.819. The number of halogens is 2. The molecule has 0 aliphatic rings. The van der Waals surface area contributed by atoms with E-state index in [1.54, 1.807) is 31.4 Å². The molecule has 0 amide bonds. The molecule has 0 aromatic heterocycles. The summed E-state index contributed by atoms with van der Waals surface area (Å²) in [6, 6.07) is 6.80. The summed E-state index contributed by atoms with van der Waals surface area (Å²) in [5, 5.41) is 0. The van der Waals surface area contributed by atoms with E-state index in [9.17, 15) is 8.78 Å². The summed E-state index contributed by atoms with van der Waals surface area (Å²) in [7, 11) is 1.55. The van der Waals surface area contributed by atoms with Crippen molar-refractivity contribution in [2.45, 2.75) is 31.9 Å². The zero-order valence-corrected chi connectivity index (χ0v) is 10.6. The Morgan fingerprint density at radius 2 is 2.06 bits per heavy atom. The molecule has 0 aliphatic heterocycles. The number of hydrogen-bond acceptors (Lipinski definition) is 3. The van der Waals surface area contributed by atoms with Gasteiger partial charge >= 0.3 is 0 Å². The van der Waals surface area contributed by atoms with Crippen molar-refractivity contribution < 1.29 is 18.3 Å². The molecule has 5 heteroatoms. The van der Waals surface area contributed by atoms with Gasteiger partial charge in [0.15, 0.2) is 0 Å². The summed E-state index contributed by atoms with van der Waals surface area (Å²) in [4.78, 5) is 0. The van der Waals surface area contributed by atoms with E-state index in [4.69, 9.17) is 15.2 Å². The second kappa shape index (κ2) is 7.28. The van der Waals surface area contributed by atoms with Gasteiger partial charge in [-0.05, 0) is 24.1 Å². The maximum Gasteiger partial charge on any atom is 0.261 e. The van der Waals surface area contributed by atoms with Crippen molar-refractivity contribution in [3.05, 3.63) is 29.8 Å². The van der Waals surface area contributed by atoms with Crippen LogP contribution >= 0.6 is 0 Å². The van der Waals surface area contributed by atoms with E-state index >= 15 is 0 Å². The van der Waals surface area contributed by atoms with Crippen LogP contribution in [0.2, 0.25) is 0 Å². The molecule has 1 rings (SSSR count). The van der Waals surface area contributed by atoms with E-state index < -0.39 is 19.1 Å². The lowest BCUT2D eigenvalue weighted by molar-refractivity contribution is -0.0351. The molecular formula is C13H19F2NO2. The first-order chi connectivity index (χ1) is 8.58. The molecule has 0 spiro atoms. The molecule has 102 valence electrons. The fourth-order valence-corrected chi connectivity index (χ4v) is 1.68. The monoisotopic (exact) mass is 259 g/mol. The van der Waals surface area contributed by atoms with Gasteiger partial charge in [0.2, 0.25) is 0 Å². The number of benzene rings is 1. The first kappa shape index (κ1) is 14.9. The molecule has 0 fully saturated rings. The number of methoxy groups -OCH3 is 1. The topological polar surface area (TPSA) is 44.5 Å².